The molecule has 6 heteroatoms. The van der Waals surface area contributed by atoms with Gasteiger partial charge in [-0.25, -0.2) is 0 Å². The average Bonchev–Trinajstić information content (AvgIpc) is 3.20. The Morgan fingerprint density at radius 3 is 2.63 bits per heavy atom. The van der Waals surface area contributed by atoms with Crippen molar-refractivity contribution in [1.29, 1.82) is 0 Å². The van der Waals surface area contributed by atoms with Crippen LogP contribution in [0.25, 0.3) is 0 Å². The number of rotatable bonds is 5. The second-order valence-corrected chi connectivity index (χ2v) is 5.69. The van der Waals surface area contributed by atoms with Gasteiger partial charge in [-0.2, -0.15) is 4.98 Å². The molecule has 1 unspecified atom stereocenters. The van der Waals surface area contributed by atoms with E-state index in [1.165, 1.54) is 12.8 Å². The van der Waals surface area contributed by atoms with Crippen LogP contribution in [0.1, 0.15) is 43.3 Å². The Hall–Kier alpha value is -0.980. The Labute approximate surface area is 112 Å². The van der Waals surface area contributed by atoms with Crippen LogP contribution in [0.15, 0.2) is 4.52 Å². The van der Waals surface area contributed by atoms with E-state index >= 15 is 0 Å². The van der Waals surface area contributed by atoms with Gasteiger partial charge in [0, 0.05) is 5.92 Å². The minimum absolute atomic E-state index is 0.139. The first-order valence-electron chi connectivity index (χ1n) is 7.10. The molecule has 1 atom stereocenters. The molecule has 106 valence electrons. The molecule has 0 bridgehead atoms. The van der Waals surface area contributed by atoms with Gasteiger partial charge in [0.2, 0.25) is 5.89 Å². The van der Waals surface area contributed by atoms with Crippen LogP contribution in [0, 0.1) is 5.92 Å². The summed E-state index contributed by atoms with van der Waals surface area (Å²) in [6, 6.07) is 0. The highest BCUT2D eigenvalue weighted by Crippen LogP contribution is 2.38. The van der Waals surface area contributed by atoms with Gasteiger partial charge >= 0.3 is 0 Å². The molecule has 1 aliphatic carbocycles. The van der Waals surface area contributed by atoms with Crippen molar-refractivity contribution in [2.45, 2.75) is 44.2 Å². The molecule has 0 spiro atoms. The number of hydrogen-bond acceptors (Lipinski definition) is 6. The molecule has 0 radical (unpaired) electrons. The number of nitrogens with zero attached hydrogens (tertiary/aromatic N) is 3. The zero-order valence-electron chi connectivity index (χ0n) is 11.0. The quantitative estimate of drug-likeness (QED) is 0.809. The van der Waals surface area contributed by atoms with E-state index in [2.05, 4.69) is 15.0 Å². The van der Waals surface area contributed by atoms with Crippen LogP contribution in [-0.4, -0.2) is 51.1 Å². The van der Waals surface area contributed by atoms with Crippen LogP contribution in [0.2, 0.25) is 0 Å². The van der Waals surface area contributed by atoms with E-state index in [4.69, 9.17) is 9.63 Å². The van der Waals surface area contributed by atoms with Crippen LogP contribution < -0.4 is 0 Å². The topological polar surface area (TPSA) is 82.6 Å². The summed E-state index contributed by atoms with van der Waals surface area (Å²) in [4.78, 5) is 6.71. The van der Waals surface area contributed by atoms with Crippen LogP contribution in [-0.2, 0) is 6.54 Å². The second kappa shape index (κ2) is 5.56. The maximum atomic E-state index is 9.62. The van der Waals surface area contributed by atoms with Crippen molar-refractivity contribution >= 4 is 0 Å². The van der Waals surface area contributed by atoms with E-state index in [0.29, 0.717) is 5.92 Å². The largest absolute Gasteiger partial charge is 0.394 e. The predicted molar refractivity (Wildman–Crippen MR) is 67.4 cm³/mol. The highest BCUT2D eigenvalue weighted by atomic mass is 16.5. The van der Waals surface area contributed by atoms with Crippen LogP contribution in [0.3, 0.4) is 0 Å². The first kappa shape index (κ1) is 13.0. The van der Waals surface area contributed by atoms with Crippen LogP contribution in [0.5, 0.6) is 0 Å². The summed E-state index contributed by atoms with van der Waals surface area (Å²) in [7, 11) is 0. The molecule has 0 amide bonds. The molecular formula is C13H21N3O3. The molecule has 1 aliphatic heterocycles. The third-order valence-electron chi connectivity index (χ3n) is 4.14. The summed E-state index contributed by atoms with van der Waals surface area (Å²) in [6.45, 7) is 2.41. The van der Waals surface area contributed by atoms with Gasteiger partial charge in [-0.15, -0.1) is 0 Å². The molecule has 2 heterocycles. The van der Waals surface area contributed by atoms with E-state index in [9.17, 15) is 5.11 Å². The number of hydrogen-bond donors (Lipinski definition) is 2. The molecule has 1 aromatic rings. The van der Waals surface area contributed by atoms with Gasteiger partial charge < -0.3 is 14.7 Å². The van der Waals surface area contributed by atoms with Crippen molar-refractivity contribution in [3.63, 3.8) is 0 Å². The highest BCUT2D eigenvalue weighted by Gasteiger charge is 2.30. The van der Waals surface area contributed by atoms with Crippen molar-refractivity contribution in [3.05, 3.63) is 11.7 Å². The molecule has 2 fully saturated rings. The molecule has 2 N–H and O–H groups in total. The number of piperidine rings is 1. The van der Waals surface area contributed by atoms with Crippen molar-refractivity contribution in [2.24, 2.45) is 5.92 Å². The fourth-order valence-electron chi connectivity index (χ4n) is 2.67. The monoisotopic (exact) mass is 267 g/mol. The molecule has 6 nitrogen and oxygen atoms in total. The third-order valence-corrected chi connectivity index (χ3v) is 4.14. The predicted octanol–water partition coefficient (Wildman–Crippen LogP) is 0.512. The van der Waals surface area contributed by atoms with Crippen molar-refractivity contribution < 1.29 is 14.7 Å². The first-order chi connectivity index (χ1) is 9.26. The minimum Gasteiger partial charge on any atom is -0.394 e. The molecule has 3 rings (SSSR count). The van der Waals surface area contributed by atoms with Crippen molar-refractivity contribution in [2.75, 3.05) is 19.7 Å². The Kier molecular flexibility index (Phi) is 3.81. The fraction of sp³-hybridized carbons (Fsp3) is 0.846. The molecule has 0 aromatic carbocycles. The number of aromatic nitrogens is 2. The average molecular weight is 267 g/mol. The first-order valence-corrected chi connectivity index (χ1v) is 7.10. The number of aliphatic hydroxyl groups excluding tert-OH is 2. The van der Waals surface area contributed by atoms with Gasteiger partial charge in [-0.3, -0.25) is 4.90 Å². The van der Waals surface area contributed by atoms with Gasteiger partial charge in [0.05, 0.1) is 19.3 Å². The van der Waals surface area contributed by atoms with E-state index < -0.39 is 6.10 Å². The van der Waals surface area contributed by atoms with Gasteiger partial charge in [0.1, 0.15) is 0 Å². The summed E-state index contributed by atoms with van der Waals surface area (Å²) in [5.74, 6) is 2.28. The summed E-state index contributed by atoms with van der Waals surface area (Å²) in [5, 5.41) is 22.6. The van der Waals surface area contributed by atoms with Crippen molar-refractivity contribution in [1.82, 2.24) is 15.0 Å². The second-order valence-electron chi connectivity index (χ2n) is 5.69. The molecule has 19 heavy (non-hydrogen) atoms. The molecule has 2 aliphatic rings. The Morgan fingerprint density at radius 2 is 2.00 bits per heavy atom. The SMILES string of the molecule is OCC(O)C1CCN(Cc2noc(C3CC3)n2)CC1. The lowest BCUT2D eigenvalue weighted by molar-refractivity contribution is 0.0167. The lowest BCUT2D eigenvalue weighted by atomic mass is 9.91. The highest BCUT2D eigenvalue weighted by molar-refractivity contribution is 5.01. The summed E-state index contributed by atoms with van der Waals surface area (Å²) < 4.78 is 5.25. The van der Waals surface area contributed by atoms with Crippen LogP contribution in [0.4, 0.5) is 0 Å². The third kappa shape index (κ3) is 3.13. The molecule has 1 aromatic heterocycles. The Morgan fingerprint density at radius 1 is 1.26 bits per heavy atom. The maximum Gasteiger partial charge on any atom is 0.229 e. The van der Waals surface area contributed by atoms with Gasteiger partial charge in [-0.1, -0.05) is 5.16 Å². The lowest BCUT2D eigenvalue weighted by Gasteiger charge is -2.32. The van der Waals surface area contributed by atoms with Gasteiger partial charge in [0.25, 0.3) is 0 Å². The van der Waals surface area contributed by atoms with E-state index in [1.54, 1.807) is 0 Å². The fourth-order valence-corrected chi connectivity index (χ4v) is 2.67. The number of aliphatic hydroxyl groups is 2. The summed E-state index contributed by atoms with van der Waals surface area (Å²) in [5.41, 5.74) is 0. The maximum absolute atomic E-state index is 9.62. The number of likely N-dealkylation sites (tertiary alicyclic amines) is 1. The molecular weight excluding hydrogens is 246 g/mol. The van der Waals surface area contributed by atoms with E-state index in [0.717, 1.165) is 44.2 Å². The normalized spacial score (nSPS) is 23.7. The van der Waals surface area contributed by atoms with Crippen molar-refractivity contribution in [3.8, 4) is 0 Å². The zero-order valence-corrected chi connectivity index (χ0v) is 11.0. The standard InChI is InChI=1S/C13H21N3O3/c17-8-11(18)9-3-5-16(6-4-9)7-12-14-13(19-15-12)10-1-2-10/h9-11,17-18H,1-8H2. The Balaban J connectivity index is 1.48. The van der Waals surface area contributed by atoms with Gasteiger partial charge in [-0.05, 0) is 44.7 Å². The van der Waals surface area contributed by atoms with E-state index in [-0.39, 0.29) is 12.5 Å². The zero-order chi connectivity index (χ0) is 13.2. The smallest absolute Gasteiger partial charge is 0.229 e. The van der Waals surface area contributed by atoms with E-state index in [1.807, 2.05) is 0 Å². The van der Waals surface area contributed by atoms with Gasteiger partial charge in [0.15, 0.2) is 5.82 Å². The molecule has 1 saturated carbocycles. The van der Waals surface area contributed by atoms with Crippen LogP contribution >= 0.6 is 0 Å². The summed E-state index contributed by atoms with van der Waals surface area (Å²) >= 11 is 0. The summed E-state index contributed by atoms with van der Waals surface area (Å²) in [6.07, 6.45) is 3.59. The lowest BCUT2D eigenvalue weighted by Crippen LogP contribution is -2.38. The molecule has 1 saturated heterocycles. The minimum atomic E-state index is -0.575. The Bertz CT molecular complexity index is 411.